The molecule has 1 amide bonds. The standard InChI is InChI=1S/C19H31N3O3S/c1-15(2)12-17(14-20)21-19(23)13-16-6-8-18(9-7-16)26(24,25)22-10-4-3-5-11-22/h6-9,15,17H,3-5,10-14,20H2,1-2H3,(H,21,23). The van der Waals surface area contributed by atoms with Crippen LogP contribution >= 0.6 is 0 Å². The molecule has 1 fully saturated rings. The Hall–Kier alpha value is -1.44. The Labute approximate surface area is 157 Å². The highest BCUT2D eigenvalue weighted by Gasteiger charge is 2.25. The summed E-state index contributed by atoms with van der Waals surface area (Å²) in [5, 5.41) is 2.95. The van der Waals surface area contributed by atoms with Crippen molar-refractivity contribution < 1.29 is 13.2 Å². The molecule has 0 aliphatic carbocycles. The number of benzene rings is 1. The van der Waals surface area contributed by atoms with Gasteiger partial charge in [0.25, 0.3) is 0 Å². The number of hydrogen-bond acceptors (Lipinski definition) is 4. The van der Waals surface area contributed by atoms with Crippen LogP contribution in [0.4, 0.5) is 0 Å². The van der Waals surface area contributed by atoms with Gasteiger partial charge >= 0.3 is 0 Å². The highest BCUT2D eigenvalue weighted by atomic mass is 32.2. The zero-order chi connectivity index (χ0) is 19.2. The van der Waals surface area contributed by atoms with E-state index in [-0.39, 0.29) is 18.4 Å². The number of carbonyl (C=O) groups is 1. The summed E-state index contributed by atoms with van der Waals surface area (Å²) in [6.45, 7) is 5.77. The molecular formula is C19H31N3O3S. The van der Waals surface area contributed by atoms with Crippen LogP contribution in [0.25, 0.3) is 0 Å². The predicted molar refractivity (Wildman–Crippen MR) is 103 cm³/mol. The molecule has 1 aliphatic heterocycles. The van der Waals surface area contributed by atoms with Crippen LogP contribution in [0.15, 0.2) is 29.2 Å². The van der Waals surface area contributed by atoms with E-state index >= 15 is 0 Å². The number of carbonyl (C=O) groups excluding carboxylic acids is 1. The van der Waals surface area contributed by atoms with E-state index in [4.69, 9.17) is 5.73 Å². The van der Waals surface area contributed by atoms with E-state index in [9.17, 15) is 13.2 Å². The summed E-state index contributed by atoms with van der Waals surface area (Å²) in [6.07, 6.45) is 3.97. The molecule has 1 atom stereocenters. The second-order valence-corrected chi connectivity index (χ2v) is 9.35. The second kappa shape index (κ2) is 9.48. The van der Waals surface area contributed by atoms with Crippen LogP contribution in [-0.2, 0) is 21.2 Å². The molecule has 1 unspecified atom stereocenters. The number of nitrogens with two attached hydrogens (primary N) is 1. The Morgan fingerprint density at radius 2 is 1.77 bits per heavy atom. The van der Waals surface area contributed by atoms with Crippen molar-refractivity contribution in [3.05, 3.63) is 29.8 Å². The van der Waals surface area contributed by atoms with E-state index in [1.165, 1.54) is 0 Å². The molecule has 0 radical (unpaired) electrons. The first kappa shape index (κ1) is 20.9. The fourth-order valence-electron chi connectivity index (χ4n) is 3.28. The van der Waals surface area contributed by atoms with Gasteiger partial charge in [0.1, 0.15) is 0 Å². The number of hydrogen-bond donors (Lipinski definition) is 2. The lowest BCUT2D eigenvalue weighted by molar-refractivity contribution is -0.121. The van der Waals surface area contributed by atoms with Crippen molar-refractivity contribution in [3.8, 4) is 0 Å². The summed E-state index contributed by atoms with van der Waals surface area (Å²) in [7, 11) is -3.43. The van der Waals surface area contributed by atoms with Crippen LogP contribution in [0.2, 0.25) is 0 Å². The first-order valence-electron chi connectivity index (χ1n) is 9.41. The van der Waals surface area contributed by atoms with Gasteiger partial charge in [0.2, 0.25) is 15.9 Å². The van der Waals surface area contributed by atoms with E-state index in [1.54, 1.807) is 28.6 Å². The third-order valence-electron chi connectivity index (χ3n) is 4.65. The molecule has 2 rings (SSSR count). The number of nitrogens with zero attached hydrogens (tertiary/aromatic N) is 1. The second-order valence-electron chi connectivity index (χ2n) is 7.42. The number of amides is 1. The van der Waals surface area contributed by atoms with E-state index in [0.29, 0.717) is 30.4 Å². The lowest BCUT2D eigenvalue weighted by Crippen LogP contribution is -2.41. The van der Waals surface area contributed by atoms with Crippen LogP contribution in [0.3, 0.4) is 0 Å². The maximum absolute atomic E-state index is 12.6. The molecule has 0 spiro atoms. The van der Waals surface area contributed by atoms with Gasteiger partial charge < -0.3 is 11.1 Å². The summed E-state index contributed by atoms with van der Waals surface area (Å²) in [4.78, 5) is 12.5. The van der Waals surface area contributed by atoms with Crippen molar-refractivity contribution in [3.63, 3.8) is 0 Å². The zero-order valence-corrected chi connectivity index (χ0v) is 16.6. The average molecular weight is 382 g/mol. The molecule has 3 N–H and O–H groups in total. The van der Waals surface area contributed by atoms with Crippen LogP contribution in [-0.4, -0.2) is 44.3 Å². The number of sulfonamides is 1. The normalized spacial score (nSPS) is 17.2. The Kier molecular flexibility index (Phi) is 7.61. The Bertz CT molecular complexity index is 680. The summed E-state index contributed by atoms with van der Waals surface area (Å²) < 4.78 is 26.8. The van der Waals surface area contributed by atoms with Gasteiger partial charge in [0.05, 0.1) is 11.3 Å². The monoisotopic (exact) mass is 381 g/mol. The van der Waals surface area contributed by atoms with Crippen molar-refractivity contribution in [1.29, 1.82) is 0 Å². The van der Waals surface area contributed by atoms with Crippen molar-refractivity contribution in [2.45, 2.75) is 56.9 Å². The van der Waals surface area contributed by atoms with Gasteiger partial charge in [0, 0.05) is 25.7 Å². The van der Waals surface area contributed by atoms with Crippen LogP contribution in [0.5, 0.6) is 0 Å². The van der Waals surface area contributed by atoms with Crippen molar-refractivity contribution >= 4 is 15.9 Å². The SMILES string of the molecule is CC(C)CC(CN)NC(=O)Cc1ccc(S(=O)(=O)N2CCCCC2)cc1. The molecule has 0 bridgehead atoms. The molecule has 146 valence electrons. The van der Waals surface area contributed by atoms with Gasteiger partial charge in [-0.1, -0.05) is 32.4 Å². The highest BCUT2D eigenvalue weighted by molar-refractivity contribution is 7.89. The Morgan fingerprint density at radius 3 is 2.31 bits per heavy atom. The maximum atomic E-state index is 12.6. The maximum Gasteiger partial charge on any atom is 0.243 e. The van der Waals surface area contributed by atoms with Gasteiger partial charge in [-0.15, -0.1) is 0 Å². The molecular weight excluding hydrogens is 350 g/mol. The largest absolute Gasteiger partial charge is 0.352 e. The minimum atomic E-state index is -3.43. The minimum Gasteiger partial charge on any atom is -0.352 e. The van der Waals surface area contributed by atoms with Gasteiger partial charge in [-0.3, -0.25) is 4.79 Å². The lowest BCUT2D eigenvalue weighted by atomic mass is 10.0. The number of rotatable bonds is 8. The van der Waals surface area contributed by atoms with Crippen LogP contribution in [0, 0.1) is 5.92 Å². The molecule has 1 aromatic rings. The zero-order valence-electron chi connectivity index (χ0n) is 15.8. The summed E-state index contributed by atoms with van der Waals surface area (Å²) in [5.41, 5.74) is 6.51. The topological polar surface area (TPSA) is 92.5 Å². The molecule has 1 aliphatic rings. The molecule has 1 aromatic carbocycles. The summed E-state index contributed by atoms with van der Waals surface area (Å²) in [5.74, 6) is 0.371. The van der Waals surface area contributed by atoms with Crippen molar-refractivity contribution in [1.82, 2.24) is 9.62 Å². The first-order valence-corrected chi connectivity index (χ1v) is 10.9. The van der Waals surface area contributed by atoms with Gasteiger partial charge in [-0.05, 0) is 42.9 Å². The van der Waals surface area contributed by atoms with Gasteiger partial charge in [-0.2, -0.15) is 4.31 Å². The summed E-state index contributed by atoms with van der Waals surface area (Å²) in [6, 6.07) is 6.61. The lowest BCUT2D eigenvalue weighted by Gasteiger charge is -2.25. The van der Waals surface area contributed by atoms with Gasteiger partial charge in [0.15, 0.2) is 0 Å². The molecule has 6 nitrogen and oxygen atoms in total. The number of nitrogens with one attached hydrogen (secondary N) is 1. The highest BCUT2D eigenvalue weighted by Crippen LogP contribution is 2.21. The third kappa shape index (κ3) is 5.79. The molecule has 0 aromatic heterocycles. The quantitative estimate of drug-likeness (QED) is 0.719. The molecule has 1 heterocycles. The van der Waals surface area contributed by atoms with E-state index in [2.05, 4.69) is 19.2 Å². The third-order valence-corrected chi connectivity index (χ3v) is 6.56. The van der Waals surface area contributed by atoms with Crippen LogP contribution < -0.4 is 11.1 Å². The predicted octanol–water partition coefficient (Wildman–Crippen LogP) is 1.89. The van der Waals surface area contributed by atoms with E-state index in [0.717, 1.165) is 31.2 Å². The van der Waals surface area contributed by atoms with E-state index < -0.39 is 10.0 Å². The Balaban J connectivity index is 1.97. The minimum absolute atomic E-state index is 0.0266. The number of piperidine rings is 1. The smallest absolute Gasteiger partial charge is 0.243 e. The summed E-state index contributed by atoms with van der Waals surface area (Å²) >= 11 is 0. The van der Waals surface area contributed by atoms with Crippen molar-refractivity contribution in [2.24, 2.45) is 11.7 Å². The average Bonchev–Trinajstić information content (AvgIpc) is 2.62. The fourth-order valence-corrected chi connectivity index (χ4v) is 4.80. The fraction of sp³-hybridized carbons (Fsp3) is 0.632. The molecule has 1 saturated heterocycles. The Morgan fingerprint density at radius 1 is 1.15 bits per heavy atom. The molecule has 7 heteroatoms. The molecule has 26 heavy (non-hydrogen) atoms. The molecule has 0 saturated carbocycles. The first-order chi connectivity index (χ1) is 12.3. The van der Waals surface area contributed by atoms with Gasteiger partial charge in [-0.25, -0.2) is 8.42 Å². The van der Waals surface area contributed by atoms with Crippen molar-refractivity contribution in [2.75, 3.05) is 19.6 Å². The van der Waals surface area contributed by atoms with E-state index in [1.807, 2.05) is 0 Å². The van der Waals surface area contributed by atoms with Crippen LogP contribution in [0.1, 0.15) is 45.1 Å².